The molecule has 0 amide bonds. The summed E-state index contributed by atoms with van der Waals surface area (Å²) >= 11 is 6.96. The van der Waals surface area contributed by atoms with Gasteiger partial charge in [-0.2, -0.15) is 5.10 Å². The Morgan fingerprint density at radius 3 is 2.41 bits per heavy atom. The summed E-state index contributed by atoms with van der Waals surface area (Å²) in [4.78, 5) is 0. The minimum atomic E-state index is 0.645. The van der Waals surface area contributed by atoms with Gasteiger partial charge in [0, 0.05) is 5.56 Å². The van der Waals surface area contributed by atoms with Crippen molar-refractivity contribution in [3.05, 3.63) is 56.5 Å². The van der Waals surface area contributed by atoms with Crippen molar-refractivity contribution in [2.24, 2.45) is 5.10 Å². The maximum Gasteiger partial charge on any atom is 0.147 e. The lowest BCUT2D eigenvalue weighted by Gasteiger charge is -2.08. The predicted octanol–water partition coefficient (Wildman–Crippen LogP) is 4.35. The minimum Gasteiger partial charge on any atom is -0.497 e. The van der Waals surface area contributed by atoms with E-state index in [2.05, 4.69) is 42.4 Å². The van der Waals surface area contributed by atoms with Crippen LogP contribution in [0.5, 0.6) is 11.5 Å². The van der Waals surface area contributed by atoms with Crippen LogP contribution < -0.4 is 14.9 Å². The third-order valence-corrected chi connectivity index (χ3v) is 4.46. The second-order valence-electron chi connectivity index (χ2n) is 4.43. The molecule has 2 aromatic rings. The second kappa shape index (κ2) is 8.19. The molecule has 0 aliphatic rings. The number of ether oxygens (including phenoxy) is 2. The van der Waals surface area contributed by atoms with Gasteiger partial charge in [0.1, 0.15) is 11.5 Å². The Bertz CT molecular complexity index is 658. The van der Waals surface area contributed by atoms with Crippen molar-refractivity contribution in [2.45, 2.75) is 6.54 Å². The summed E-state index contributed by atoms with van der Waals surface area (Å²) in [7, 11) is 3.29. The summed E-state index contributed by atoms with van der Waals surface area (Å²) in [6, 6.07) is 11.7. The van der Waals surface area contributed by atoms with Gasteiger partial charge in [0.25, 0.3) is 0 Å². The first-order valence-corrected chi connectivity index (χ1v) is 8.15. The number of hydrazone groups is 1. The zero-order valence-corrected chi connectivity index (χ0v) is 15.4. The smallest absolute Gasteiger partial charge is 0.147 e. The fourth-order valence-corrected chi connectivity index (χ4v) is 3.20. The Morgan fingerprint density at radius 1 is 1.05 bits per heavy atom. The van der Waals surface area contributed by atoms with E-state index < -0.39 is 0 Å². The molecule has 0 radical (unpaired) electrons. The van der Waals surface area contributed by atoms with Gasteiger partial charge in [-0.3, -0.25) is 0 Å². The molecule has 116 valence electrons. The van der Waals surface area contributed by atoms with Crippen molar-refractivity contribution in [1.29, 1.82) is 0 Å². The van der Waals surface area contributed by atoms with Crippen molar-refractivity contribution in [3.8, 4) is 11.5 Å². The fraction of sp³-hybridized carbons (Fsp3) is 0.188. The minimum absolute atomic E-state index is 0.645. The van der Waals surface area contributed by atoms with Gasteiger partial charge < -0.3 is 14.9 Å². The molecule has 2 aromatic carbocycles. The average Bonchev–Trinajstić information content (AvgIpc) is 2.54. The Kier molecular flexibility index (Phi) is 6.27. The highest BCUT2D eigenvalue weighted by Gasteiger charge is 2.08. The summed E-state index contributed by atoms with van der Waals surface area (Å²) in [6.45, 7) is 0.645. The SMILES string of the molecule is COc1ccc(CN/N=C/c2ccc(Br)c(OC)c2Br)cc1. The number of nitrogens with one attached hydrogen (secondary N) is 1. The lowest BCUT2D eigenvalue weighted by molar-refractivity contribution is 0.409. The zero-order valence-electron chi connectivity index (χ0n) is 12.3. The van der Waals surface area contributed by atoms with Crippen molar-refractivity contribution >= 4 is 38.1 Å². The normalized spacial score (nSPS) is 10.7. The molecule has 22 heavy (non-hydrogen) atoms. The van der Waals surface area contributed by atoms with Crippen LogP contribution in [0, 0.1) is 0 Å². The monoisotopic (exact) mass is 426 g/mol. The topological polar surface area (TPSA) is 42.8 Å². The van der Waals surface area contributed by atoms with E-state index in [0.717, 1.165) is 31.6 Å². The molecule has 0 spiro atoms. The van der Waals surface area contributed by atoms with Gasteiger partial charge >= 0.3 is 0 Å². The first-order chi connectivity index (χ1) is 10.7. The van der Waals surface area contributed by atoms with Gasteiger partial charge in [0.2, 0.25) is 0 Å². The number of methoxy groups -OCH3 is 2. The van der Waals surface area contributed by atoms with Crippen LogP contribution >= 0.6 is 31.9 Å². The highest BCUT2D eigenvalue weighted by atomic mass is 79.9. The van der Waals surface area contributed by atoms with Gasteiger partial charge in [-0.15, -0.1) is 0 Å². The summed E-state index contributed by atoms with van der Waals surface area (Å²) in [5.41, 5.74) is 5.08. The van der Waals surface area contributed by atoms with Crippen molar-refractivity contribution in [1.82, 2.24) is 5.43 Å². The summed E-state index contributed by atoms with van der Waals surface area (Å²) in [6.07, 6.45) is 1.75. The molecule has 2 rings (SSSR count). The van der Waals surface area contributed by atoms with Crippen LogP contribution in [0.2, 0.25) is 0 Å². The first-order valence-electron chi connectivity index (χ1n) is 6.56. The largest absolute Gasteiger partial charge is 0.497 e. The number of hydrogen-bond donors (Lipinski definition) is 1. The van der Waals surface area contributed by atoms with Crippen LogP contribution in [0.25, 0.3) is 0 Å². The van der Waals surface area contributed by atoms with Crippen molar-refractivity contribution in [3.63, 3.8) is 0 Å². The Morgan fingerprint density at radius 2 is 1.77 bits per heavy atom. The predicted molar refractivity (Wildman–Crippen MR) is 95.8 cm³/mol. The highest BCUT2D eigenvalue weighted by Crippen LogP contribution is 2.35. The first kappa shape index (κ1) is 16.8. The molecule has 0 aliphatic heterocycles. The molecule has 0 heterocycles. The molecule has 0 saturated carbocycles. The lowest BCUT2D eigenvalue weighted by atomic mass is 10.2. The zero-order chi connectivity index (χ0) is 15.9. The van der Waals surface area contributed by atoms with Crippen LogP contribution in [0.15, 0.2) is 50.4 Å². The van der Waals surface area contributed by atoms with E-state index in [9.17, 15) is 0 Å². The molecule has 0 bridgehead atoms. The fourth-order valence-electron chi connectivity index (χ4n) is 1.83. The second-order valence-corrected chi connectivity index (χ2v) is 6.07. The molecule has 1 N–H and O–H groups in total. The van der Waals surface area contributed by atoms with E-state index in [1.54, 1.807) is 20.4 Å². The molecule has 0 atom stereocenters. The van der Waals surface area contributed by atoms with Gasteiger partial charge in [-0.1, -0.05) is 18.2 Å². The quantitative estimate of drug-likeness (QED) is 0.550. The summed E-state index contributed by atoms with van der Waals surface area (Å²) < 4.78 is 12.2. The molecule has 0 aromatic heterocycles. The Hall–Kier alpha value is -1.53. The van der Waals surface area contributed by atoms with Gasteiger partial charge in [-0.05, 0) is 55.6 Å². The van der Waals surface area contributed by atoms with E-state index in [1.165, 1.54) is 0 Å². The summed E-state index contributed by atoms with van der Waals surface area (Å²) in [5.74, 6) is 1.59. The third-order valence-electron chi connectivity index (χ3n) is 3.02. The summed E-state index contributed by atoms with van der Waals surface area (Å²) in [5, 5.41) is 4.24. The number of rotatable bonds is 6. The molecular formula is C16H16Br2N2O2. The molecule has 0 fully saturated rings. The Balaban J connectivity index is 1.97. The molecule has 0 aliphatic carbocycles. The third kappa shape index (κ3) is 4.24. The standard InChI is InChI=1S/C16H16Br2N2O2/c1-21-13-6-3-11(4-7-13)9-19-20-10-12-5-8-14(17)16(22-2)15(12)18/h3-8,10,19H,9H2,1-2H3/b20-10+. The Labute approximate surface area is 146 Å². The van der Waals surface area contributed by atoms with Crippen molar-refractivity contribution in [2.75, 3.05) is 14.2 Å². The number of benzene rings is 2. The van der Waals surface area contributed by atoms with Crippen LogP contribution in [0.3, 0.4) is 0 Å². The lowest BCUT2D eigenvalue weighted by Crippen LogP contribution is -2.05. The molecular weight excluding hydrogens is 412 g/mol. The van der Waals surface area contributed by atoms with Crippen molar-refractivity contribution < 1.29 is 9.47 Å². The molecule has 6 heteroatoms. The highest BCUT2D eigenvalue weighted by molar-refractivity contribution is 9.11. The van der Waals surface area contributed by atoms with Gasteiger partial charge in [-0.25, -0.2) is 0 Å². The number of halogens is 2. The van der Waals surface area contributed by atoms with E-state index in [4.69, 9.17) is 9.47 Å². The van der Waals surface area contributed by atoms with Crippen LogP contribution in [-0.4, -0.2) is 20.4 Å². The van der Waals surface area contributed by atoms with Crippen LogP contribution in [-0.2, 0) is 6.54 Å². The molecule has 0 unspecified atom stereocenters. The van der Waals surface area contributed by atoms with Gasteiger partial charge in [0.05, 0.1) is 35.9 Å². The molecule has 4 nitrogen and oxygen atoms in total. The van der Waals surface area contributed by atoms with Gasteiger partial charge in [0.15, 0.2) is 0 Å². The average molecular weight is 428 g/mol. The van der Waals surface area contributed by atoms with E-state index >= 15 is 0 Å². The maximum absolute atomic E-state index is 5.33. The molecule has 0 saturated heterocycles. The number of nitrogens with zero attached hydrogens (tertiary/aromatic N) is 1. The van der Waals surface area contributed by atoms with Crippen LogP contribution in [0.4, 0.5) is 0 Å². The van der Waals surface area contributed by atoms with Crippen LogP contribution in [0.1, 0.15) is 11.1 Å². The van der Waals surface area contributed by atoms with E-state index in [-0.39, 0.29) is 0 Å². The van der Waals surface area contributed by atoms with E-state index in [1.807, 2.05) is 36.4 Å². The number of hydrogen-bond acceptors (Lipinski definition) is 4. The van der Waals surface area contributed by atoms with E-state index in [0.29, 0.717) is 6.54 Å². The maximum atomic E-state index is 5.33.